The lowest BCUT2D eigenvalue weighted by Gasteiger charge is -2.10. The van der Waals surface area contributed by atoms with E-state index in [0.29, 0.717) is 27.8 Å². The fraction of sp³-hybridized carbons (Fsp3) is 0.0909. The summed E-state index contributed by atoms with van der Waals surface area (Å²) < 4.78 is 5.20. The molecular weight excluding hydrogens is 366 g/mol. The summed E-state index contributed by atoms with van der Waals surface area (Å²) >= 11 is 0. The van der Waals surface area contributed by atoms with Crippen molar-refractivity contribution in [1.82, 2.24) is 15.2 Å². The van der Waals surface area contributed by atoms with Gasteiger partial charge >= 0.3 is 0 Å². The quantitative estimate of drug-likeness (QED) is 0.559. The third kappa shape index (κ3) is 3.33. The van der Waals surface area contributed by atoms with Crippen LogP contribution in [0.5, 0.6) is 5.75 Å². The Balaban J connectivity index is 1.85. The van der Waals surface area contributed by atoms with Gasteiger partial charge in [-0.3, -0.25) is 9.78 Å². The molecule has 3 N–H and O–H groups in total. The van der Waals surface area contributed by atoms with Gasteiger partial charge in [-0.25, -0.2) is 5.10 Å². The van der Waals surface area contributed by atoms with Gasteiger partial charge in [-0.2, -0.15) is 10.4 Å². The van der Waals surface area contributed by atoms with Gasteiger partial charge in [-0.05, 0) is 42.0 Å². The maximum atomic E-state index is 12.0. The van der Waals surface area contributed by atoms with Crippen LogP contribution in [0.2, 0.25) is 0 Å². The molecule has 0 aliphatic carbocycles. The highest BCUT2D eigenvalue weighted by atomic mass is 16.5. The number of nitriles is 1. The smallest absolute Gasteiger partial charge is 0.272 e. The molecule has 2 aromatic heterocycles. The molecule has 0 spiro atoms. The van der Waals surface area contributed by atoms with E-state index >= 15 is 0 Å². The number of hydrogen-bond donors (Lipinski definition) is 2. The third-order valence-corrected chi connectivity index (χ3v) is 4.79. The first-order valence-corrected chi connectivity index (χ1v) is 8.90. The SMILES string of the molecule is COc1ccc(-c2cncc(-c3ccc4c(=O)[nH]nc(CN)c4c3)c2)c(C#N)c1. The zero-order chi connectivity index (χ0) is 20.4. The van der Waals surface area contributed by atoms with E-state index in [-0.39, 0.29) is 12.1 Å². The van der Waals surface area contributed by atoms with Gasteiger partial charge in [-0.1, -0.05) is 6.07 Å². The molecule has 0 fully saturated rings. The van der Waals surface area contributed by atoms with Crippen molar-refractivity contribution in [3.63, 3.8) is 0 Å². The summed E-state index contributed by atoms with van der Waals surface area (Å²) in [6.45, 7) is 0.215. The molecule has 2 aromatic carbocycles. The van der Waals surface area contributed by atoms with Crippen molar-refractivity contribution in [2.75, 3.05) is 7.11 Å². The van der Waals surface area contributed by atoms with E-state index in [2.05, 4.69) is 21.3 Å². The van der Waals surface area contributed by atoms with Crippen LogP contribution in [-0.4, -0.2) is 22.3 Å². The summed E-state index contributed by atoms with van der Waals surface area (Å²) in [6, 6.07) is 15.0. The van der Waals surface area contributed by atoms with Crippen LogP contribution in [0.3, 0.4) is 0 Å². The molecule has 7 nitrogen and oxygen atoms in total. The van der Waals surface area contributed by atoms with Gasteiger partial charge in [0.2, 0.25) is 0 Å². The van der Waals surface area contributed by atoms with Crippen molar-refractivity contribution >= 4 is 10.8 Å². The van der Waals surface area contributed by atoms with E-state index in [0.717, 1.165) is 22.3 Å². The molecular formula is C22H17N5O2. The van der Waals surface area contributed by atoms with Crippen LogP contribution >= 0.6 is 0 Å². The first-order valence-electron chi connectivity index (χ1n) is 8.90. The number of fused-ring (bicyclic) bond motifs is 1. The number of H-pyrrole nitrogens is 1. The van der Waals surface area contributed by atoms with E-state index in [1.807, 2.05) is 30.3 Å². The average Bonchev–Trinajstić information content (AvgIpc) is 2.78. The molecule has 0 amide bonds. The normalized spacial score (nSPS) is 10.7. The Hall–Kier alpha value is -4.02. The lowest BCUT2D eigenvalue weighted by molar-refractivity contribution is 0.414. The summed E-state index contributed by atoms with van der Waals surface area (Å²) in [7, 11) is 1.56. The highest BCUT2D eigenvalue weighted by Gasteiger charge is 2.11. The van der Waals surface area contributed by atoms with Crippen LogP contribution in [0.1, 0.15) is 11.3 Å². The Morgan fingerprint density at radius 3 is 2.66 bits per heavy atom. The van der Waals surface area contributed by atoms with Crippen LogP contribution in [0.4, 0.5) is 0 Å². The van der Waals surface area contributed by atoms with Gasteiger partial charge in [0.25, 0.3) is 5.56 Å². The topological polar surface area (TPSA) is 118 Å². The minimum atomic E-state index is -0.257. The molecule has 4 rings (SSSR count). The average molecular weight is 383 g/mol. The van der Waals surface area contributed by atoms with Crippen LogP contribution in [-0.2, 0) is 6.54 Å². The maximum absolute atomic E-state index is 12.0. The molecule has 0 unspecified atom stereocenters. The molecule has 0 bridgehead atoms. The second kappa shape index (κ2) is 7.54. The van der Waals surface area contributed by atoms with E-state index < -0.39 is 0 Å². The van der Waals surface area contributed by atoms with Crippen molar-refractivity contribution in [2.24, 2.45) is 5.73 Å². The van der Waals surface area contributed by atoms with Crippen LogP contribution in [0, 0.1) is 11.3 Å². The molecule has 29 heavy (non-hydrogen) atoms. The van der Waals surface area contributed by atoms with Crippen LogP contribution < -0.4 is 16.0 Å². The number of aromatic amines is 1. The second-order valence-electron chi connectivity index (χ2n) is 6.45. The molecule has 0 atom stereocenters. The van der Waals surface area contributed by atoms with E-state index in [1.54, 1.807) is 31.6 Å². The van der Waals surface area contributed by atoms with Gasteiger partial charge in [0.05, 0.1) is 29.8 Å². The van der Waals surface area contributed by atoms with Gasteiger partial charge in [-0.15, -0.1) is 0 Å². The zero-order valence-corrected chi connectivity index (χ0v) is 15.6. The monoisotopic (exact) mass is 383 g/mol. The van der Waals surface area contributed by atoms with Crippen molar-refractivity contribution in [3.05, 3.63) is 76.5 Å². The third-order valence-electron chi connectivity index (χ3n) is 4.79. The predicted molar refractivity (Wildman–Crippen MR) is 110 cm³/mol. The van der Waals surface area contributed by atoms with E-state index in [4.69, 9.17) is 10.5 Å². The summed E-state index contributed by atoms with van der Waals surface area (Å²) in [4.78, 5) is 16.4. The summed E-state index contributed by atoms with van der Waals surface area (Å²) in [5, 5.41) is 17.3. The van der Waals surface area contributed by atoms with E-state index in [9.17, 15) is 10.1 Å². The maximum Gasteiger partial charge on any atom is 0.272 e. The number of nitrogens with zero attached hydrogens (tertiary/aromatic N) is 3. The molecule has 7 heteroatoms. The number of methoxy groups -OCH3 is 1. The lowest BCUT2D eigenvalue weighted by atomic mass is 9.97. The highest BCUT2D eigenvalue weighted by molar-refractivity contribution is 5.88. The molecule has 0 radical (unpaired) electrons. The summed E-state index contributed by atoms with van der Waals surface area (Å²) in [6.07, 6.45) is 3.45. The number of rotatable bonds is 4. The Morgan fingerprint density at radius 2 is 1.90 bits per heavy atom. The largest absolute Gasteiger partial charge is 0.497 e. The lowest BCUT2D eigenvalue weighted by Crippen LogP contribution is -2.13. The number of ether oxygens (including phenoxy) is 1. The minimum absolute atomic E-state index is 0.215. The molecule has 4 aromatic rings. The minimum Gasteiger partial charge on any atom is -0.497 e. The van der Waals surface area contributed by atoms with E-state index in [1.165, 1.54) is 0 Å². The van der Waals surface area contributed by atoms with Crippen molar-refractivity contribution in [2.45, 2.75) is 6.54 Å². The van der Waals surface area contributed by atoms with Crippen molar-refractivity contribution < 1.29 is 4.74 Å². The Morgan fingerprint density at radius 1 is 1.07 bits per heavy atom. The molecule has 2 heterocycles. The summed E-state index contributed by atoms with van der Waals surface area (Å²) in [5.41, 5.74) is 9.94. The Bertz CT molecular complexity index is 1320. The molecule has 0 aliphatic heterocycles. The molecule has 0 aliphatic rings. The first kappa shape index (κ1) is 18.3. The van der Waals surface area contributed by atoms with Gasteiger partial charge in [0.15, 0.2) is 0 Å². The number of benzene rings is 2. The Labute approximate surface area is 166 Å². The first-order chi connectivity index (χ1) is 14.1. The zero-order valence-electron chi connectivity index (χ0n) is 15.6. The van der Waals surface area contributed by atoms with Gasteiger partial charge in [0, 0.05) is 41.0 Å². The number of aromatic nitrogens is 3. The number of nitrogens with one attached hydrogen (secondary N) is 1. The standard InChI is InChI=1S/C22H17N5O2/c1-29-17-3-5-18(14(7-17)9-23)16-6-15(11-25-12-16)13-2-4-19-20(8-13)21(10-24)26-27-22(19)28/h2-8,11-12H,10,24H2,1H3,(H,27,28). The van der Waals surface area contributed by atoms with Crippen molar-refractivity contribution in [1.29, 1.82) is 5.26 Å². The molecule has 142 valence electrons. The highest BCUT2D eigenvalue weighted by Crippen LogP contribution is 2.30. The van der Waals surface area contributed by atoms with Crippen molar-refractivity contribution in [3.8, 4) is 34.1 Å². The Kier molecular flexibility index (Phi) is 4.77. The van der Waals surface area contributed by atoms with Gasteiger partial charge < -0.3 is 10.5 Å². The van der Waals surface area contributed by atoms with Crippen LogP contribution in [0.25, 0.3) is 33.0 Å². The fourth-order valence-electron chi connectivity index (χ4n) is 3.29. The van der Waals surface area contributed by atoms with Crippen LogP contribution in [0.15, 0.2) is 59.7 Å². The number of hydrogen-bond acceptors (Lipinski definition) is 6. The second-order valence-corrected chi connectivity index (χ2v) is 6.45. The molecule has 0 saturated heterocycles. The fourth-order valence-corrected chi connectivity index (χ4v) is 3.29. The predicted octanol–water partition coefficient (Wildman–Crippen LogP) is 2.99. The summed E-state index contributed by atoms with van der Waals surface area (Å²) in [5.74, 6) is 0.621. The molecule has 0 saturated carbocycles. The van der Waals surface area contributed by atoms with Gasteiger partial charge in [0.1, 0.15) is 5.75 Å². The number of nitrogens with two attached hydrogens (primary N) is 1. The number of pyridine rings is 1.